The van der Waals surface area contributed by atoms with E-state index in [1.54, 1.807) is 12.1 Å². The molecule has 4 heteroatoms. The van der Waals surface area contributed by atoms with Crippen LogP contribution in [0.3, 0.4) is 0 Å². The summed E-state index contributed by atoms with van der Waals surface area (Å²) in [6.07, 6.45) is 6.49. The van der Waals surface area contributed by atoms with Gasteiger partial charge in [0.15, 0.2) is 17.9 Å². The van der Waals surface area contributed by atoms with Gasteiger partial charge in [0.2, 0.25) is 0 Å². The molecule has 0 atom stereocenters. The monoisotopic (exact) mass is 304 g/mol. The predicted octanol–water partition coefficient (Wildman–Crippen LogP) is 5.08. The van der Waals surface area contributed by atoms with Crippen molar-refractivity contribution in [2.75, 3.05) is 0 Å². The second kappa shape index (κ2) is 6.39. The lowest BCUT2D eigenvalue weighted by Crippen LogP contribution is -2.20. The van der Waals surface area contributed by atoms with Crippen LogP contribution in [0.15, 0.2) is 29.6 Å². The molecule has 1 aromatic heterocycles. The molecule has 0 N–H and O–H groups in total. The minimum absolute atomic E-state index is 0.131. The molecular weight excluding hydrogens is 287 g/mol. The van der Waals surface area contributed by atoms with Gasteiger partial charge >= 0.3 is 0 Å². The van der Waals surface area contributed by atoms with Crippen LogP contribution in [-0.2, 0) is 0 Å². The van der Waals surface area contributed by atoms with E-state index in [9.17, 15) is 9.18 Å². The van der Waals surface area contributed by atoms with Crippen molar-refractivity contribution in [2.24, 2.45) is 0 Å². The highest BCUT2D eigenvalue weighted by Gasteiger charge is 2.17. The van der Waals surface area contributed by atoms with Gasteiger partial charge < -0.3 is 4.74 Å². The van der Waals surface area contributed by atoms with Gasteiger partial charge in [-0.25, -0.2) is 4.39 Å². The van der Waals surface area contributed by atoms with Crippen molar-refractivity contribution in [3.05, 3.63) is 41.0 Å². The Bertz CT molecular complexity index is 629. The molecular formula is C17H17FO2S. The molecule has 1 aliphatic carbocycles. The Morgan fingerprint density at radius 3 is 2.71 bits per heavy atom. The van der Waals surface area contributed by atoms with Crippen molar-refractivity contribution >= 4 is 17.6 Å². The van der Waals surface area contributed by atoms with Crippen molar-refractivity contribution in [3.63, 3.8) is 0 Å². The van der Waals surface area contributed by atoms with E-state index in [0.717, 1.165) is 42.4 Å². The van der Waals surface area contributed by atoms with E-state index in [-0.39, 0.29) is 11.9 Å². The molecule has 0 saturated heterocycles. The highest BCUT2D eigenvalue weighted by atomic mass is 32.1. The number of carbonyl (C=O) groups is 1. The van der Waals surface area contributed by atoms with Crippen molar-refractivity contribution in [1.82, 2.24) is 0 Å². The third-order valence-electron chi connectivity index (χ3n) is 3.86. The number of rotatable bonds is 4. The van der Waals surface area contributed by atoms with E-state index in [2.05, 4.69) is 0 Å². The fourth-order valence-corrected chi connectivity index (χ4v) is 3.61. The van der Waals surface area contributed by atoms with Crippen molar-refractivity contribution in [3.8, 4) is 16.2 Å². The number of ether oxygens (including phenoxy) is 1. The highest BCUT2D eigenvalue weighted by molar-refractivity contribution is 7.14. The molecule has 110 valence electrons. The lowest BCUT2D eigenvalue weighted by molar-refractivity contribution is 0.112. The lowest BCUT2D eigenvalue weighted by Gasteiger charge is -2.23. The molecule has 1 heterocycles. The first kappa shape index (κ1) is 14.3. The van der Waals surface area contributed by atoms with Gasteiger partial charge in [0, 0.05) is 10.4 Å². The summed E-state index contributed by atoms with van der Waals surface area (Å²) in [6.45, 7) is 0. The molecule has 3 rings (SSSR count). The Morgan fingerprint density at radius 1 is 1.19 bits per heavy atom. The van der Waals surface area contributed by atoms with Crippen LogP contribution in [0.25, 0.3) is 10.4 Å². The first-order valence-corrected chi connectivity index (χ1v) is 8.15. The van der Waals surface area contributed by atoms with Crippen LogP contribution in [0.4, 0.5) is 4.39 Å². The van der Waals surface area contributed by atoms with Gasteiger partial charge in [-0.05, 0) is 60.9 Å². The number of hydrogen-bond donors (Lipinski definition) is 0. The zero-order valence-corrected chi connectivity index (χ0v) is 12.5. The first-order chi connectivity index (χ1) is 10.3. The molecule has 1 saturated carbocycles. The number of carbonyl (C=O) groups excluding carboxylic acids is 1. The molecule has 0 aliphatic heterocycles. The predicted molar refractivity (Wildman–Crippen MR) is 82.6 cm³/mol. The van der Waals surface area contributed by atoms with Crippen molar-refractivity contribution < 1.29 is 13.9 Å². The van der Waals surface area contributed by atoms with Gasteiger partial charge in [-0.1, -0.05) is 6.42 Å². The van der Waals surface area contributed by atoms with E-state index < -0.39 is 0 Å². The van der Waals surface area contributed by atoms with Gasteiger partial charge in [0.25, 0.3) is 0 Å². The highest BCUT2D eigenvalue weighted by Crippen LogP contribution is 2.32. The zero-order chi connectivity index (χ0) is 14.7. The van der Waals surface area contributed by atoms with Crippen LogP contribution in [0, 0.1) is 5.82 Å². The number of thiophene rings is 1. The summed E-state index contributed by atoms with van der Waals surface area (Å²) in [7, 11) is 0. The molecule has 1 aliphatic rings. The van der Waals surface area contributed by atoms with E-state index in [1.807, 2.05) is 11.4 Å². The van der Waals surface area contributed by atoms with Gasteiger partial charge in [-0.2, -0.15) is 0 Å². The first-order valence-electron chi connectivity index (χ1n) is 7.27. The van der Waals surface area contributed by atoms with Gasteiger partial charge in [-0.15, -0.1) is 11.3 Å². The molecule has 0 unspecified atom stereocenters. The maximum absolute atomic E-state index is 14.2. The third-order valence-corrected chi connectivity index (χ3v) is 4.84. The number of aldehydes is 1. The Hall–Kier alpha value is -1.68. The molecule has 21 heavy (non-hydrogen) atoms. The van der Waals surface area contributed by atoms with Crippen LogP contribution < -0.4 is 4.74 Å². The summed E-state index contributed by atoms with van der Waals surface area (Å²) in [5.41, 5.74) is 1.32. The molecule has 2 nitrogen and oxygen atoms in total. The van der Waals surface area contributed by atoms with Gasteiger partial charge in [0.05, 0.1) is 6.10 Å². The number of halogens is 1. The second-order valence-electron chi connectivity index (χ2n) is 5.35. The molecule has 0 amide bonds. The lowest BCUT2D eigenvalue weighted by atomic mass is 9.98. The molecule has 1 fully saturated rings. The number of benzene rings is 1. The van der Waals surface area contributed by atoms with Crippen LogP contribution in [0.2, 0.25) is 0 Å². The summed E-state index contributed by atoms with van der Waals surface area (Å²) in [4.78, 5) is 11.8. The van der Waals surface area contributed by atoms with Crippen LogP contribution in [0.1, 0.15) is 42.5 Å². The molecule has 0 radical (unpaired) electrons. The standard InChI is InChI=1S/C17H17FO2S/c18-15-10-12(17-13(11-19)8-9-21-17)6-7-16(15)20-14-4-2-1-3-5-14/h6-11,14H,1-5H2. The molecule has 1 aromatic carbocycles. The van der Waals surface area contributed by atoms with Crippen LogP contribution >= 0.6 is 11.3 Å². The average Bonchev–Trinajstić information content (AvgIpc) is 2.99. The molecule has 0 spiro atoms. The minimum Gasteiger partial charge on any atom is -0.487 e. The molecule has 0 bridgehead atoms. The fourth-order valence-electron chi connectivity index (χ4n) is 2.75. The third kappa shape index (κ3) is 3.16. The Balaban J connectivity index is 1.81. The Labute approximate surface area is 127 Å². The summed E-state index contributed by atoms with van der Waals surface area (Å²) in [5.74, 6) is -0.0434. The normalized spacial score (nSPS) is 15.9. The van der Waals surface area contributed by atoms with E-state index in [4.69, 9.17) is 4.74 Å². The second-order valence-corrected chi connectivity index (χ2v) is 6.26. The Kier molecular flexibility index (Phi) is 4.34. The smallest absolute Gasteiger partial charge is 0.165 e. The SMILES string of the molecule is O=Cc1ccsc1-c1ccc(OC2CCCCC2)c(F)c1. The molecule has 2 aromatic rings. The van der Waals surface area contributed by atoms with Crippen LogP contribution in [-0.4, -0.2) is 12.4 Å². The van der Waals surface area contributed by atoms with Gasteiger partial charge in [0.1, 0.15) is 0 Å². The Morgan fingerprint density at radius 2 is 2.00 bits per heavy atom. The summed E-state index contributed by atoms with van der Waals surface area (Å²) < 4.78 is 20.0. The van der Waals surface area contributed by atoms with Crippen LogP contribution in [0.5, 0.6) is 5.75 Å². The summed E-state index contributed by atoms with van der Waals surface area (Å²) in [6, 6.07) is 6.70. The largest absolute Gasteiger partial charge is 0.487 e. The maximum Gasteiger partial charge on any atom is 0.165 e. The maximum atomic E-state index is 14.2. The summed E-state index contributed by atoms with van der Waals surface area (Å²) in [5, 5.41) is 1.84. The minimum atomic E-state index is -0.358. The van der Waals surface area contributed by atoms with Crippen molar-refractivity contribution in [2.45, 2.75) is 38.2 Å². The average molecular weight is 304 g/mol. The van der Waals surface area contributed by atoms with Crippen molar-refractivity contribution in [1.29, 1.82) is 0 Å². The number of hydrogen-bond acceptors (Lipinski definition) is 3. The fraction of sp³-hybridized carbons (Fsp3) is 0.353. The topological polar surface area (TPSA) is 26.3 Å². The quantitative estimate of drug-likeness (QED) is 0.736. The van der Waals surface area contributed by atoms with E-state index in [0.29, 0.717) is 11.3 Å². The van der Waals surface area contributed by atoms with E-state index in [1.165, 1.54) is 23.8 Å². The summed E-state index contributed by atoms with van der Waals surface area (Å²) >= 11 is 1.44. The van der Waals surface area contributed by atoms with Gasteiger partial charge in [-0.3, -0.25) is 4.79 Å². The van der Waals surface area contributed by atoms with E-state index >= 15 is 0 Å². The zero-order valence-electron chi connectivity index (χ0n) is 11.7.